The van der Waals surface area contributed by atoms with E-state index in [-0.39, 0.29) is 12.4 Å². The molecule has 0 saturated carbocycles. The average Bonchev–Trinajstić information content (AvgIpc) is 2.19. The first-order valence-electron chi connectivity index (χ1n) is 5.34. The van der Waals surface area contributed by atoms with E-state index >= 15 is 0 Å². The van der Waals surface area contributed by atoms with Gasteiger partial charge in [-0.3, -0.25) is 0 Å². The molecular weight excluding hydrogens is 205 g/mol. The quantitative estimate of drug-likeness (QED) is 0.810. The van der Waals surface area contributed by atoms with E-state index in [9.17, 15) is 4.39 Å². The van der Waals surface area contributed by atoms with Crippen molar-refractivity contribution in [3.8, 4) is 0 Å². The number of pyridine rings is 1. The molecule has 0 saturated heterocycles. The molecule has 0 fully saturated rings. The number of nitrogen functional groups attached to an aromatic ring is 1. The van der Waals surface area contributed by atoms with Crippen LogP contribution in [0.4, 0.5) is 10.2 Å². The molecule has 0 aromatic carbocycles. The molecule has 1 heterocycles. The van der Waals surface area contributed by atoms with Gasteiger partial charge in [0.25, 0.3) is 0 Å². The first-order chi connectivity index (χ1) is 7.22. The Morgan fingerprint density at radius 2 is 1.94 bits per heavy atom. The van der Waals surface area contributed by atoms with Gasteiger partial charge < -0.3 is 11.5 Å². The van der Waals surface area contributed by atoms with Crippen LogP contribution in [-0.2, 0) is 5.67 Å². The highest BCUT2D eigenvalue weighted by Gasteiger charge is 2.44. The van der Waals surface area contributed by atoms with Crippen molar-refractivity contribution in [2.75, 3.05) is 12.3 Å². The van der Waals surface area contributed by atoms with Crippen molar-refractivity contribution in [2.45, 2.75) is 33.4 Å². The number of aromatic nitrogens is 1. The Labute approximate surface area is 96.1 Å². The second-order valence-corrected chi connectivity index (χ2v) is 5.20. The van der Waals surface area contributed by atoms with Crippen LogP contribution < -0.4 is 11.5 Å². The molecule has 16 heavy (non-hydrogen) atoms. The van der Waals surface area contributed by atoms with Gasteiger partial charge >= 0.3 is 0 Å². The molecule has 0 aliphatic heterocycles. The van der Waals surface area contributed by atoms with Crippen LogP contribution in [-0.4, -0.2) is 11.5 Å². The van der Waals surface area contributed by atoms with E-state index in [1.807, 2.05) is 27.7 Å². The molecule has 0 radical (unpaired) electrons. The summed E-state index contributed by atoms with van der Waals surface area (Å²) in [6.45, 7) is 7.17. The number of hydrogen-bond acceptors (Lipinski definition) is 3. The lowest BCUT2D eigenvalue weighted by atomic mass is 9.73. The molecule has 1 aromatic rings. The van der Waals surface area contributed by atoms with Crippen LogP contribution in [0.1, 0.15) is 31.9 Å². The first kappa shape index (κ1) is 12.9. The lowest BCUT2D eigenvalue weighted by molar-refractivity contribution is 0.0347. The predicted octanol–water partition coefficient (Wildman–Crippen LogP) is 2.14. The van der Waals surface area contributed by atoms with Crippen molar-refractivity contribution in [1.29, 1.82) is 0 Å². The van der Waals surface area contributed by atoms with Crippen LogP contribution in [0.3, 0.4) is 0 Å². The normalized spacial score (nSPS) is 15.9. The summed E-state index contributed by atoms with van der Waals surface area (Å²) in [4.78, 5) is 3.99. The van der Waals surface area contributed by atoms with Gasteiger partial charge in [0.15, 0.2) is 5.67 Å². The fourth-order valence-electron chi connectivity index (χ4n) is 1.72. The van der Waals surface area contributed by atoms with Crippen molar-refractivity contribution in [2.24, 2.45) is 11.1 Å². The summed E-state index contributed by atoms with van der Waals surface area (Å²) < 4.78 is 15.0. The standard InChI is InChI=1S/C12H20FN3/c1-8-5-9(10(15)16-6-8)12(13,7-14)11(2,3)4/h5-6H,7,14H2,1-4H3,(H2,15,16). The van der Waals surface area contributed by atoms with Gasteiger partial charge in [-0.25, -0.2) is 9.37 Å². The van der Waals surface area contributed by atoms with Crippen LogP contribution in [0.25, 0.3) is 0 Å². The van der Waals surface area contributed by atoms with Gasteiger partial charge in [-0.15, -0.1) is 0 Å². The minimum atomic E-state index is -1.66. The minimum Gasteiger partial charge on any atom is -0.383 e. The molecule has 1 rings (SSSR count). The van der Waals surface area contributed by atoms with Gasteiger partial charge in [-0.05, 0) is 18.6 Å². The second kappa shape index (κ2) is 4.01. The molecule has 0 spiro atoms. The van der Waals surface area contributed by atoms with Gasteiger partial charge in [-0.2, -0.15) is 0 Å². The Balaban J connectivity index is 3.39. The zero-order valence-electron chi connectivity index (χ0n) is 10.3. The molecule has 0 bridgehead atoms. The third-order valence-electron chi connectivity index (χ3n) is 2.95. The zero-order chi connectivity index (χ0) is 12.6. The number of nitrogens with two attached hydrogens (primary N) is 2. The monoisotopic (exact) mass is 225 g/mol. The van der Waals surface area contributed by atoms with Crippen molar-refractivity contribution >= 4 is 5.82 Å². The molecule has 0 aliphatic carbocycles. The largest absolute Gasteiger partial charge is 0.383 e. The Morgan fingerprint density at radius 3 is 2.38 bits per heavy atom. The molecule has 1 aromatic heterocycles. The third kappa shape index (κ3) is 2.02. The van der Waals surface area contributed by atoms with Gasteiger partial charge in [0.2, 0.25) is 0 Å². The van der Waals surface area contributed by atoms with Crippen molar-refractivity contribution in [1.82, 2.24) is 4.98 Å². The van der Waals surface area contributed by atoms with E-state index in [1.54, 1.807) is 12.3 Å². The lowest BCUT2D eigenvalue weighted by Gasteiger charge is -2.37. The maximum absolute atomic E-state index is 15.0. The molecule has 90 valence electrons. The summed E-state index contributed by atoms with van der Waals surface area (Å²) in [5.41, 5.74) is 10.3. The topological polar surface area (TPSA) is 64.9 Å². The summed E-state index contributed by atoms with van der Waals surface area (Å²) in [6.07, 6.45) is 1.62. The van der Waals surface area contributed by atoms with Gasteiger partial charge in [-0.1, -0.05) is 20.8 Å². The third-order valence-corrected chi connectivity index (χ3v) is 2.95. The van der Waals surface area contributed by atoms with Crippen molar-refractivity contribution in [3.63, 3.8) is 0 Å². The van der Waals surface area contributed by atoms with Gasteiger partial charge in [0.1, 0.15) is 5.82 Å². The van der Waals surface area contributed by atoms with Crippen LogP contribution in [0.5, 0.6) is 0 Å². The molecule has 1 atom stereocenters. The van der Waals surface area contributed by atoms with E-state index < -0.39 is 11.1 Å². The summed E-state index contributed by atoms with van der Waals surface area (Å²) in [5, 5.41) is 0. The molecular formula is C12H20FN3. The first-order valence-corrected chi connectivity index (χ1v) is 5.34. The van der Waals surface area contributed by atoms with Crippen LogP contribution in [0, 0.1) is 12.3 Å². The minimum absolute atomic E-state index is 0.105. The summed E-state index contributed by atoms with van der Waals surface area (Å²) in [6, 6.07) is 1.72. The number of nitrogens with zero attached hydrogens (tertiary/aromatic N) is 1. The number of hydrogen-bond donors (Lipinski definition) is 2. The molecule has 4 N–H and O–H groups in total. The summed E-state index contributed by atoms with van der Waals surface area (Å²) in [7, 11) is 0. The summed E-state index contributed by atoms with van der Waals surface area (Å²) in [5.74, 6) is 0.216. The van der Waals surface area contributed by atoms with E-state index in [1.165, 1.54) is 0 Å². The van der Waals surface area contributed by atoms with Gasteiger partial charge in [0.05, 0.1) is 0 Å². The molecule has 0 amide bonds. The van der Waals surface area contributed by atoms with E-state index in [4.69, 9.17) is 11.5 Å². The van der Waals surface area contributed by atoms with Crippen molar-refractivity contribution in [3.05, 3.63) is 23.4 Å². The SMILES string of the molecule is Cc1cnc(N)c(C(F)(CN)C(C)(C)C)c1. The fourth-order valence-corrected chi connectivity index (χ4v) is 1.72. The number of aryl methyl sites for hydroxylation is 1. The van der Waals surface area contributed by atoms with Crippen LogP contribution >= 0.6 is 0 Å². The molecule has 4 heteroatoms. The maximum Gasteiger partial charge on any atom is 0.156 e. The van der Waals surface area contributed by atoms with Crippen molar-refractivity contribution < 1.29 is 4.39 Å². The second-order valence-electron chi connectivity index (χ2n) is 5.20. The smallest absolute Gasteiger partial charge is 0.156 e. The average molecular weight is 225 g/mol. The Kier molecular flexibility index (Phi) is 3.24. The Morgan fingerprint density at radius 1 is 1.38 bits per heavy atom. The van der Waals surface area contributed by atoms with E-state index in [0.717, 1.165) is 5.56 Å². The van der Waals surface area contributed by atoms with Crippen LogP contribution in [0.15, 0.2) is 12.3 Å². The summed E-state index contributed by atoms with van der Waals surface area (Å²) >= 11 is 0. The number of halogens is 1. The van der Waals surface area contributed by atoms with Crippen LogP contribution in [0.2, 0.25) is 0 Å². The maximum atomic E-state index is 15.0. The van der Waals surface area contributed by atoms with E-state index in [0.29, 0.717) is 5.56 Å². The predicted molar refractivity (Wildman–Crippen MR) is 64.7 cm³/mol. The fraction of sp³-hybridized carbons (Fsp3) is 0.583. The highest BCUT2D eigenvalue weighted by atomic mass is 19.1. The Bertz CT molecular complexity index is 384. The molecule has 1 unspecified atom stereocenters. The Hall–Kier alpha value is -1.16. The zero-order valence-corrected chi connectivity index (χ0v) is 10.3. The van der Waals surface area contributed by atoms with Gasteiger partial charge in [0, 0.05) is 23.7 Å². The highest BCUT2D eigenvalue weighted by molar-refractivity contribution is 5.46. The molecule has 0 aliphatic rings. The lowest BCUT2D eigenvalue weighted by Crippen LogP contribution is -2.43. The van der Waals surface area contributed by atoms with E-state index in [2.05, 4.69) is 4.98 Å². The number of anilines is 1. The number of alkyl halides is 1. The highest BCUT2D eigenvalue weighted by Crippen LogP contribution is 2.44. The molecule has 3 nitrogen and oxygen atoms in total. The number of rotatable bonds is 2.